The summed E-state index contributed by atoms with van der Waals surface area (Å²) in [5, 5.41) is 12.5. The standard InChI is InChI=1S/C16H16ClNO3/c17-13-2-1-3-15(10-13)21-11-16(20)18-9-8-12-4-6-14(19)7-5-12/h1-7,10,19H,8-9,11H2,(H,18,20). The third-order valence-electron chi connectivity index (χ3n) is 2.84. The van der Waals surface area contributed by atoms with Crippen molar-refractivity contribution in [2.45, 2.75) is 6.42 Å². The lowest BCUT2D eigenvalue weighted by Crippen LogP contribution is -2.30. The Bertz CT molecular complexity index is 599. The summed E-state index contributed by atoms with van der Waals surface area (Å²) < 4.78 is 5.34. The van der Waals surface area contributed by atoms with Crippen LogP contribution in [0.2, 0.25) is 5.02 Å². The van der Waals surface area contributed by atoms with Crippen molar-refractivity contribution < 1.29 is 14.6 Å². The molecule has 5 heteroatoms. The van der Waals surface area contributed by atoms with E-state index in [9.17, 15) is 9.90 Å². The second kappa shape index (κ2) is 7.55. The highest BCUT2D eigenvalue weighted by Crippen LogP contribution is 2.16. The third kappa shape index (κ3) is 5.36. The maximum Gasteiger partial charge on any atom is 0.257 e. The van der Waals surface area contributed by atoms with Crippen LogP contribution in [0.1, 0.15) is 5.56 Å². The van der Waals surface area contributed by atoms with Gasteiger partial charge in [-0.25, -0.2) is 0 Å². The Kier molecular flexibility index (Phi) is 5.46. The first kappa shape index (κ1) is 15.2. The molecule has 21 heavy (non-hydrogen) atoms. The first-order chi connectivity index (χ1) is 10.1. The third-order valence-corrected chi connectivity index (χ3v) is 3.07. The topological polar surface area (TPSA) is 58.6 Å². The van der Waals surface area contributed by atoms with Crippen molar-refractivity contribution in [1.29, 1.82) is 0 Å². The lowest BCUT2D eigenvalue weighted by Gasteiger charge is -2.08. The van der Waals surface area contributed by atoms with Crippen molar-refractivity contribution in [3.8, 4) is 11.5 Å². The molecular weight excluding hydrogens is 290 g/mol. The normalized spacial score (nSPS) is 10.1. The Labute approximate surface area is 128 Å². The molecule has 1 amide bonds. The minimum absolute atomic E-state index is 0.0457. The predicted octanol–water partition coefficient (Wildman–Crippen LogP) is 2.78. The van der Waals surface area contributed by atoms with Gasteiger partial charge in [0, 0.05) is 11.6 Å². The van der Waals surface area contributed by atoms with Crippen molar-refractivity contribution in [1.82, 2.24) is 5.32 Å². The van der Waals surface area contributed by atoms with Crippen LogP contribution in [-0.4, -0.2) is 24.2 Å². The van der Waals surface area contributed by atoms with Crippen LogP contribution in [0, 0.1) is 0 Å². The molecule has 0 atom stereocenters. The molecule has 2 aromatic carbocycles. The first-order valence-electron chi connectivity index (χ1n) is 6.56. The largest absolute Gasteiger partial charge is 0.508 e. The number of aromatic hydroxyl groups is 1. The summed E-state index contributed by atoms with van der Waals surface area (Å²) in [6, 6.07) is 13.8. The van der Waals surface area contributed by atoms with Crippen molar-refractivity contribution in [3.63, 3.8) is 0 Å². The van der Waals surface area contributed by atoms with Gasteiger partial charge in [-0.2, -0.15) is 0 Å². The minimum Gasteiger partial charge on any atom is -0.508 e. The SMILES string of the molecule is O=C(COc1cccc(Cl)c1)NCCc1ccc(O)cc1. The number of amides is 1. The highest BCUT2D eigenvalue weighted by molar-refractivity contribution is 6.30. The van der Waals surface area contributed by atoms with Gasteiger partial charge in [-0.3, -0.25) is 4.79 Å². The van der Waals surface area contributed by atoms with Crippen molar-refractivity contribution in [3.05, 3.63) is 59.1 Å². The van der Waals surface area contributed by atoms with E-state index >= 15 is 0 Å². The average Bonchev–Trinajstić information content (AvgIpc) is 2.47. The maximum absolute atomic E-state index is 11.6. The average molecular weight is 306 g/mol. The monoisotopic (exact) mass is 305 g/mol. The lowest BCUT2D eigenvalue weighted by molar-refractivity contribution is -0.123. The Balaban J connectivity index is 1.69. The Morgan fingerprint density at radius 1 is 1.19 bits per heavy atom. The number of nitrogens with one attached hydrogen (secondary N) is 1. The Morgan fingerprint density at radius 3 is 2.67 bits per heavy atom. The van der Waals surface area contributed by atoms with Gasteiger partial charge in [0.25, 0.3) is 5.91 Å². The number of phenolic OH excluding ortho intramolecular Hbond substituents is 1. The molecule has 0 aliphatic carbocycles. The van der Waals surface area contributed by atoms with Gasteiger partial charge in [-0.15, -0.1) is 0 Å². The fourth-order valence-electron chi connectivity index (χ4n) is 1.77. The summed E-state index contributed by atoms with van der Waals surface area (Å²) in [7, 11) is 0. The van der Waals surface area contributed by atoms with Gasteiger partial charge >= 0.3 is 0 Å². The van der Waals surface area contributed by atoms with Crippen molar-refractivity contribution in [2.75, 3.05) is 13.2 Å². The van der Waals surface area contributed by atoms with Crippen LogP contribution in [0.3, 0.4) is 0 Å². The summed E-state index contributed by atoms with van der Waals surface area (Å²) in [5.41, 5.74) is 1.05. The van der Waals surface area contributed by atoms with Crippen LogP contribution in [0.4, 0.5) is 0 Å². The van der Waals surface area contributed by atoms with Crippen LogP contribution >= 0.6 is 11.6 Å². The van der Waals surface area contributed by atoms with Crippen LogP contribution in [0.5, 0.6) is 11.5 Å². The summed E-state index contributed by atoms with van der Waals surface area (Å²) >= 11 is 5.82. The molecule has 4 nitrogen and oxygen atoms in total. The molecule has 0 heterocycles. The van der Waals surface area contributed by atoms with E-state index in [-0.39, 0.29) is 18.3 Å². The molecule has 2 rings (SSSR count). The number of ether oxygens (including phenoxy) is 1. The number of halogens is 1. The molecule has 2 N–H and O–H groups in total. The molecule has 0 aliphatic rings. The van der Waals surface area contributed by atoms with E-state index in [4.69, 9.17) is 16.3 Å². The van der Waals surface area contributed by atoms with Gasteiger partial charge < -0.3 is 15.2 Å². The second-order valence-electron chi connectivity index (χ2n) is 4.51. The molecule has 0 saturated heterocycles. The van der Waals surface area contributed by atoms with E-state index in [0.717, 1.165) is 5.56 Å². The summed E-state index contributed by atoms with van der Waals surface area (Å²) in [5.74, 6) is 0.614. The van der Waals surface area contributed by atoms with E-state index in [0.29, 0.717) is 23.7 Å². The molecule has 0 bridgehead atoms. The molecule has 0 unspecified atom stereocenters. The second-order valence-corrected chi connectivity index (χ2v) is 4.95. The van der Waals surface area contributed by atoms with Gasteiger partial charge in [0.05, 0.1) is 0 Å². The van der Waals surface area contributed by atoms with Gasteiger partial charge in [-0.05, 0) is 42.3 Å². The van der Waals surface area contributed by atoms with Crippen LogP contribution in [0.25, 0.3) is 0 Å². The Hall–Kier alpha value is -2.20. The zero-order valence-corrected chi connectivity index (χ0v) is 12.1. The molecule has 0 fully saturated rings. The molecule has 110 valence electrons. The molecular formula is C16H16ClNO3. The fraction of sp³-hybridized carbons (Fsp3) is 0.188. The zero-order chi connectivity index (χ0) is 15.1. The van der Waals surface area contributed by atoms with Crippen LogP contribution in [-0.2, 0) is 11.2 Å². The lowest BCUT2D eigenvalue weighted by atomic mass is 10.1. The van der Waals surface area contributed by atoms with Crippen molar-refractivity contribution in [2.24, 2.45) is 0 Å². The van der Waals surface area contributed by atoms with Crippen molar-refractivity contribution >= 4 is 17.5 Å². The highest BCUT2D eigenvalue weighted by atomic mass is 35.5. The first-order valence-corrected chi connectivity index (χ1v) is 6.94. The summed E-state index contributed by atoms with van der Waals surface area (Å²) in [6.07, 6.45) is 0.698. The number of benzene rings is 2. The number of hydrogen-bond donors (Lipinski definition) is 2. The number of hydrogen-bond acceptors (Lipinski definition) is 3. The van der Waals surface area contributed by atoms with Crippen LogP contribution in [0.15, 0.2) is 48.5 Å². The quantitative estimate of drug-likeness (QED) is 0.863. The fourth-order valence-corrected chi connectivity index (χ4v) is 1.95. The summed E-state index contributed by atoms with van der Waals surface area (Å²) in [4.78, 5) is 11.6. The number of carbonyl (C=O) groups is 1. The number of phenols is 1. The summed E-state index contributed by atoms with van der Waals surface area (Å²) in [6.45, 7) is 0.471. The molecule has 0 spiro atoms. The van der Waals surface area contributed by atoms with Gasteiger partial charge in [0.2, 0.25) is 0 Å². The van der Waals surface area contributed by atoms with Gasteiger partial charge in [0.1, 0.15) is 11.5 Å². The Morgan fingerprint density at radius 2 is 1.95 bits per heavy atom. The van der Waals surface area contributed by atoms with E-state index in [1.807, 2.05) is 12.1 Å². The molecule has 0 radical (unpaired) electrons. The van der Waals surface area contributed by atoms with E-state index < -0.39 is 0 Å². The van der Waals surface area contributed by atoms with Gasteiger partial charge in [-0.1, -0.05) is 29.8 Å². The zero-order valence-electron chi connectivity index (χ0n) is 11.4. The number of rotatable bonds is 6. The molecule has 2 aromatic rings. The van der Waals surface area contributed by atoms with Gasteiger partial charge in [0.15, 0.2) is 6.61 Å². The smallest absolute Gasteiger partial charge is 0.257 e. The molecule has 0 aromatic heterocycles. The predicted molar refractivity (Wildman–Crippen MR) is 81.8 cm³/mol. The molecule has 0 saturated carbocycles. The van der Waals surface area contributed by atoms with Crippen LogP contribution < -0.4 is 10.1 Å². The maximum atomic E-state index is 11.6. The highest BCUT2D eigenvalue weighted by Gasteiger charge is 2.03. The molecule has 0 aliphatic heterocycles. The van der Waals surface area contributed by atoms with E-state index in [1.165, 1.54) is 0 Å². The van der Waals surface area contributed by atoms with E-state index in [1.54, 1.807) is 36.4 Å². The number of carbonyl (C=O) groups excluding carboxylic acids is 1. The van der Waals surface area contributed by atoms with E-state index in [2.05, 4.69) is 5.32 Å². The minimum atomic E-state index is -0.186.